The van der Waals surface area contributed by atoms with Gasteiger partial charge in [0.05, 0.1) is 22.6 Å². The van der Waals surface area contributed by atoms with Gasteiger partial charge in [0.15, 0.2) is 0 Å². The molecule has 0 bridgehead atoms. The number of para-hydroxylation sites is 1. The molecule has 1 aliphatic carbocycles. The van der Waals surface area contributed by atoms with Crippen LogP contribution in [0.3, 0.4) is 0 Å². The number of alkyl halides is 1. The Morgan fingerprint density at radius 1 is 1.26 bits per heavy atom. The van der Waals surface area contributed by atoms with Gasteiger partial charge in [-0.3, -0.25) is 4.98 Å². The summed E-state index contributed by atoms with van der Waals surface area (Å²) in [6, 6.07) is 8.80. The molecule has 3 nitrogen and oxygen atoms in total. The normalized spacial score (nSPS) is 17.2. The number of fused-ring (bicyclic) bond motifs is 3. The minimum Gasteiger partial charge on any atom is -0.323 e. The summed E-state index contributed by atoms with van der Waals surface area (Å²) in [7, 11) is 0. The highest BCUT2D eigenvalue weighted by atomic mass is 35.5. The van der Waals surface area contributed by atoms with E-state index in [2.05, 4.69) is 21.7 Å². The van der Waals surface area contributed by atoms with Crippen LogP contribution in [0, 0.1) is 0 Å². The first-order chi connectivity index (χ1) is 9.25. The molecule has 19 heavy (non-hydrogen) atoms. The molecular weight excluding hydrogens is 258 g/mol. The van der Waals surface area contributed by atoms with Crippen molar-refractivity contribution in [3.63, 3.8) is 0 Å². The van der Waals surface area contributed by atoms with Crippen LogP contribution >= 0.6 is 11.6 Å². The molecule has 1 unspecified atom stereocenters. The van der Waals surface area contributed by atoms with Crippen LogP contribution in [0.1, 0.15) is 37.0 Å². The van der Waals surface area contributed by atoms with Gasteiger partial charge in [0.25, 0.3) is 0 Å². The number of rotatable bonds is 2. The van der Waals surface area contributed by atoms with Crippen LogP contribution in [-0.2, 0) is 0 Å². The average Bonchev–Trinajstić information content (AvgIpc) is 3.17. The lowest BCUT2D eigenvalue weighted by Gasteiger charge is -2.10. The third-order valence-corrected chi connectivity index (χ3v) is 3.91. The molecule has 0 spiro atoms. The lowest BCUT2D eigenvalue weighted by molar-refractivity contribution is 0.702. The third-order valence-electron chi connectivity index (χ3n) is 3.72. The molecular formula is C15H14ClN3. The fourth-order valence-electron chi connectivity index (χ4n) is 2.73. The van der Waals surface area contributed by atoms with E-state index in [0.717, 1.165) is 16.9 Å². The second-order valence-corrected chi connectivity index (χ2v) is 5.85. The van der Waals surface area contributed by atoms with Gasteiger partial charge in [0, 0.05) is 11.4 Å². The molecule has 1 fully saturated rings. The molecule has 1 saturated carbocycles. The molecule has 0 amide bonds. The van der Waals surface area contributed by atoms with E-state index >= 15 is 0 Å². The molecule has 4 rings (SSSR count). The Bertz CT molecular complexity index is 772. The summed E-state index contributed by atoms with van der Waals surface area (Å²) in [5.41, 5.74) is 3.16. The van der Waals surface area contributed by atoms with Gasteiger partial charge in [-0.1, -0.05) is 18.2 Å². The van der Waals surface area contributed by atoms with E-state index in [1.807, 2.05) is 25.3 Å². The minimum atomic E-state index is -0.0771. The van der Waals surface area contributed by atoms with Crippen molar-refractivity contribution in [2.45, 2.75) is 31.2 Å². The van der Waals surface area contributed by atoms with Gasteiger partial charge in [0.1, 0.15) is 11.3 Å². The van der Waals surface area contributed by atoms with Crippen LogP contribution in [0.4, 0.5) is 0 Å². The fraction of sp³-hybridized carbons (Fsp3) is 0.333. The van der Waals surface area contributed by atoms with Crippen molar-refractivity contribution in [3.05, 3.63) is 36.3 Å². The van der Waals surface area contributed by atoms with E-state index in [4.69, 9.17) is 16.6 Å². The Morgan fingerprint density at radius 2 is 2.05 bits per heavy atom. The summed E-state index contributed by atoms with van der Waals surface area (Å²) in [5.74, 6) is 0.970. The van der Waals surface area contributed by atoms with E-state index in [1.54, 1.807) is 0 Å². The van der Waals surface area contributed by atoms with Gasteiger partial charge >= 0.3 is 0 Å². The Morgan fingerprint density at radius 3 is 2.79 bits per heavy atom. The number of benzene rings is 1. The van der Waals surface area contributed by atoms with Crippen LogP contribution in [0.25, 0.3) is 21.9 Å². The molecule has 0 saturated heterocycles. The molecule has 0 radical (unpaired) electrons. The Balaban J connectivity index is 2.16. The second kappa shape index (κ2) is 3.94. The molecule has 1 atom stereocenters. The van der Waals surface area contributed by atoms with Gasteiger partial charge in [-0.05, 0) is 25.8 Å². The fourth-order valence-corrected chi connectivity index (χ4v) is 2.88. The molecule has 1 aromatic carbocycles. The maximum atomic E-state index is 6.30. The van der Waals surface area contributed by atoms with Crippen LogP contribution in [0.5, 0.6) is 0 Å². The standard InChI is InChI=1S/C15H14ClN3/c1-9(16)15-18-13-8-17-12-5-3-2-4-11(12)14(13)19(15)10-6-7-10/h2-5,8-10H,6-7H2,1H3. The Labute approximate surface area is 116 Å². The highest BCUT2D eigenvalue weighted by molar-refractivity contribution is 6.20. The summed E-state index contributed by atoms with van der Waals surface area (Å²) in [4.78, 5) is 9.18. The lowest BCUT2D eigenvalue weighted by atomic mass is 10.2. The predicted octanol–water partition coefficient (Wildman–Crippen LogP) is 4.22. The van der Waals surface area contributed by atoms with E-state index in [-0.39, 0.29) is 5.38 Å². The first-order valence-corrected chi connectivity index (χ1v) is 7.09. The van der Waals surface area contributed by atoms with Crippen molar-refractivity contribution >= 4 is 33.5 Å². The van der Waals surface area contributed by atoms with Gasteiger partial charge in [-0.2, -0.15) is 0 Å². The number of nitrogens with zero attached hydrogens (tertiary/aromatic N) is 3. The maximum absolute atomic E-state index is 6.30. The highest BCUT2D eigenvalue weighted by Crippen LogP contribution is 2.42. The lowest BCUT2D eigenvalue weighted by Crippen LogP contribution is -2.02. The second-order valence-electron chi connectivity index (χ2n) is 5.20. The minimum absolute atomic E-state index is 0.0771. The molecule has 2 heterocycles. The van der Waals surface area contributed by atoms with E-state index in [9.17, 15) is 0 Å². The van der Waals surface area contributed by atoms with E-state index in [1.165, 1.54) is 23.7 Å². The number of halogens is 1. The Hall–Kier alpha value is -1.61. The molecule has 2 aromatic heterocycles. The maximum Gasteiger partial charge on any atom is 0.128 e. The van der Waals surface area contributed by atoms with Crippen LogP contribution in [-0.4, -0.2) is 14.5 Å². The van der Waals surface area contributed by atoms with Gasteiger partial charge in [-0.15, -0.1) is 11.6 Å². The summed E-state index contributed by atoms with van der Waals surface area (Å²) in [5, 5.41) is 1.09. The first-order valence-electron chi connectivity index (χ1n) is 6.65. The van der Waals surface area contributed by atoms with Crippen molar-refractivity contribution in [1.29, 1.82) is 0 Å². The monoisotopic (exact) mass is 271 g/mol. The van der Waals surface area contributed by atoms with Crippen molar-refractivity contribution in [2.75, 3.05) is 0 Å². The number of imidazole rings is 1. The van der Waals surface area contributed by atoms with Crippen molar-refractivity contribution in [2.24, 2.45) is 0 Å². The first kappa shape index (κ1) is 11.2. The van der Waals surface area contributed by atoms with Gasteiger partial charge in [-0.25, -0.2) is 4.98 Å². The van der Waals surface area contributed by atoms with Crippen LogP contribution in [0.15, 0.2) is 30.5 Å². The van der Waals surface area contributed by atoms with E-state index in [0.29, 0.717) is 6.04 Å². The summed E-state index contributed by atoms with van der Waals surface area (Å²) < 4.78 is 2.33. The van der Waals surface area contributed by atoms with Crippen LogP contribution < -0.4 is 0 Å². The average molecular weight is 272 g/mol. The zero-order chi connectivity index (χ0) is 13.0. The summed E-state index contributed by atoms with van der Waals surface area (Å²) in [6.45, 7) is 1.98. The molecule has 0 aliphatic heterocycles. The summed E-state index contributed by atoms with van der Waals surface area (Å²) >= 11 is 6.30. The van der Waals surface area contributed by atoms with Crippen LogP contribution in [0.2, 0.25) is 0 Å². The number of aromatic nitrogens is 3. The van der Waals surface area contributed by atoms with Gasteiger partial charge in [0.2, 0.25) is 0 Å². The topological polar surface area (TPSA) is 30.7 Å². The van der Waals surface area contributed by atoms with Gasteiger partial charge < -0.3 is 4.57 Å². The molecule has 96 valence electrons. The molecule has 0 N–H and O–H groups in total. The quantitative estimate of drug-likeness (QED) is 0.654. The number of hydrogen-bond donors (Lipinski definition) is 0. The van der Waals surface area contributed by atoms with Crippen molar-refractivity contribution < 1.29 is 0 Å². The smallest absolute Gasteiger partial charge is 0.128 e. The number of pyridine rings is 1. The predicted molar refractivity (Wildman–Crippen MR) is 77.6 cm³/mol. The molecule has 1 aliphatic rings. The molecule has 3 aromatic rings. The zero-order valence-corrected chi connectivity index (χ0v) is 11.4. The zero-order valence-electron chi connectivity index (χ0n) is 10.7. The van der Waals surface area contributed by atoms with Crippen molar-refractivity contribution in [3.8, 4) is 0 Å². The SMILES string of the molecule is CC(Cl)c1nc2cnc3ccccc3c2n1C1CC1. The largest absolute Gasteiger partial charge is 0.323 e. The highest BCUT2D eigenvalue weighted by Gasteiger charge is 2.30. The van der Waals surface area contributed by atoms with E-state index < -0.39 is 0 Å². The molecule has 4 heteroatoms. The van der Waals surface area contributed by atoms with Crippen molar-refractivity contribution in [1.82, 2.24) is 14.5 Å². The summed E-state index contributed by atoms with van der Waals surface area (Å²) in [6.07, 6.45) is 4.30. The number of hydrogen-bond acceptors (Lipinski definition) is 2. The third kappa shape index (κ3) is 1.65. The Kier molecular flexibility index (Phi) is 2.33.